The molecular formula is C15H21Cl2NO2. The first-order chi connectivity index (χ1) is 9.43. The molecule has 0 fully saturated rings. The van der Waals surface area contributed by atoms with E-state index in [0.29, 0.717) is 22.9 Å². The van der Waals surface area contributed by atoms with E-state index in [2.05, 4.69) is 5.32 Å². The number of nitrogens with one attached hydrogen (secondary N) is 1. The summed E-state index contributed by atoms with van der Waals surface area (Å²) in [6.07, 6.45) is 2.05. The van der Waals surface area contributed by atoms with Gasteiger partial charge in [-0.1, -0.05) is 36.2 Å². The molecule has 20 heavy (non-hydrogen) atoms. The van der Waals surface area contributed by atoms with Gasteiger partial charge in [-0.2, -0.15) is 0 Å². The number of amides is 1. The minimum atomic E-state index is -0.162. The number of hydrogen-bond donors (Lipinski definition) is 2. The summed E-state index contributed by atoms with van der Waals surface area (Å²) in [5.74, 6) is -0.160. The molecule has 1 rings (SSSR count). The monoisotopic (exact) mass is 317 g/mol. The highest BCUT2D eigenvalue weighted by atomic mass is 35.5. The number of hydrogen-bond acceptors (Lipinski definition) is 2. The lowest BCUT2D eigenvalue weighted by Gasteiger charge is -2.17. The molecule has 1 amide bonds. The van der Waals surface area contributed by atoms with Crippen molar-refractivity contribution in [1.82, 2.24) is 5.32 Å². The molecule has 0 heterocycles. The van der Waals surface area contributed by atoms with E-state index in [1.165, 1.54) is 0 Å². The second-order valence-corrected chi connectivity index (χ2v) is 5.96. The minimum Gasteiger partial charge on any atom is -0.396 e. The minimum absolute atomic E-state index is 0.00135. The van der Waals surface area contributed by atoms with Crippen LogP contribution in [-0.4, -0.2) is 23.7 Å². The Morgan fingerprint density at radius 3 is 2.65 bits per heavy atom. The van der Waals surface area contributed by atoms with Crippen LogP contribution in [0.15, 0.2) is 18.2 Å². The number of carbonyl (C=O) groups excluding carboxylic acids is 1. The molecule has 112 valence electrons. The van der Waals surface area contributed by atoms with Crippen LogP contribution in [0.2, 0.25) is 10.0 Å². The fraction of sp³-hybridized carbons (Fsp3) is 0.533. The Bertz CT molecular complexity index is 451. The fourth-order valence-electron chi connectivity index (χ4n) is 1.96. The summed E-state index contributed by atoms with van der Waals surface area (Å²) in [6, 6.07) is 5.38. The first kappa shape index (κ1) is 17.3. The van der Waals surface area contributed by atoms with E-state index in [4.69, 9.17) is 28.3 Å². The summed E-state index contributed by atoms with van der Waals surface area (Å²) in [4.78, 5) is 12.1. The van der Waals surface area contributed by atoms with Gasteiger partial charge in [-0.15, -0.1) is 0 Å². The van der Waals surface area contributed by atoms with Crippen molar-refractivity contribution in [2.45, 2.75) is 39.2 Å². The van der Waals surface area contributed by atoms with Crippen molar-refractivity contribution in [1.29, 1.82) is 0 Å². The van der Waals surface area contributed by atoms with Gasteiger partial charge in [-0.3, -0.25) is 4.79 Å². The standard InChI is InChI=1S/C15H21Cl2NO2/c1-10(15(20)18-11(2)4-3-7-19)8-12-5-6-13(16)9-14(12)17/h5-6,9-11,19H,3-4,7-8H2,1-2H3,(H,18,20). The van der Waals surface area contributed by atoms with E-state index in [9.17, 15) is 4.79 Å². The number of benzene rings is 1. The molecule has 2 atom stereocenters. The maximum absolute atomic E-state index is 12.1. The van der Waals surface area contributed by atoms with Gasteiger partial charge in [0.05, 0.1) is 0 Å². The Hall–Kier alpha value is -0.770. The van der Waals surface area contributed by atoms with Crippen LogP contribution in [0, 0.1) is 5.92 Å². The highest BCUT2D eigenvalue weighted by Crippen LogP contribution is 2.23. The topological polar surface area (TPSA) is 49.3 Å². The first-order valence-electron chi connectivity index (χ1n) is 6.79. The van der Waals surface area contributed by atoms with Gasteiger partial charge >= 0.3 is 0 Å². The molecule has 0 saturated heterocycles. The molecule has 1 aromatic carbocycles. The third kappa shape index (κ3) is 5.70. The van der Waals surface area contributed by atoms with Crippen molar-refractivity contribution in [3.8, 4) is 0 Å². The molecule has 0 spiro atoms. The summed E-state index contributed by atoms with van der Waals surface area (Å²) >= 11 is 12.0. The number of rotatable bonds is 7. The van der Waals surface area contributed by atoms with Gasteiger partial charge in [0.15, 0.2) is 0 Å². The SMILES string of the molecule is CC(CCCO)NC(=O)C(C)Cc1ccc(Cl)cc1Cl. The summed E-state index contributed by atoms with van der Waals surface area (Å²) in [5, 5.41) is 12.9. The van der Waals surface area contributed by atoms with Crippen LogP contribution >= 0.6 is 23.2 Å². The lowest BCUT2D eigenvalue weighted by Crippen LogP contribution is -2.37. The van der Waals surface area contributed by atoms with Crippen LogP contribution in [0.1, 0.15) is 32.3 Å². The first-order valence-corrected chi connectivity index (χ1v) is 7.54. The molecule has 0 aromatic heterocycles. The number of carbonyl (C=O) groups is 1. The average molecular weight is 318 g/mol. The van der Waals surface area contributed by atoms with Crippen LogP contribution in [0.3, 0.4) is 0 Å². The Kier molecular flexibility index (Phi) is 7.35. The lowest BCUT2D eigenvalue weighted by molar-refractivity contribution is -0.125. The third-order valence-corrected chi connectivity index (χ3v) is 3.76. The number of halogens is 2. The Morgan fingerprint density at radius 2 is 2.05 bits per heavy atom. The predicted molar refractivity (Wildman–Crippen MR) is 83.3 cm³/mol. The zero-order valence-corrected chi connectivity index (χ0v) is 13.3. The summed E-state index contributed by atoms with van der Waals surface area (Å²) in [6.45, 7) is 3.96. The van der Waals surface area contributed by atoms with Crippen molar-refractivity contribution in [2.75, 3.05) is 6.61 Å². The van der Waals surface area contributed by atoms with Crippen molar-refractivity contribution in [2.24, 2.45) is 5.92 Å². The van der Waals surface area contributed by atoms with Crippen LogP contribution < -0.4 is 5.32 Å². The molecule has 0 saturated carbocycles. The molecule has 0 bridgehead atoms. The Morgan fingerprint density at radius 1 is 1.35 bits per heavy atom. The quantitative estimate of drug-likeness (QED) is 0.809. The van der Waals surface area contributed by atoms with E-state index >= 15 is 0 Å². The van der Waals surface area contributed by atoms with Gasteiger partial charge in [-0.25, -0.2) is 0 Å². The summed E-state index contributed by atoms with van der Waals surface area (Å²) in [7, 11) is 0. The Labute approximate surface area is 130 Å². The molecular weight excluding hydrogens is 297 g/mol. The molecule has 2 N–H and O–H groups in total. The van der Waals surface area contributed by atoms with E-state index in [1.807, 2.05) is 19.9 Å². The zero-order chi connectivity index (χ0) is 15.1. The molecule has 0 aliphatic carbocycles. The van der Waals surface area contributed by atoms with Gasteiger partial charge in [0.1, 0.15) is 0 Å². The molecule has 0 aliphatic heterocycles. The van der Waals surface area contributed by atoms with Crippen LogP contribution in [0.25, 0.3) is 0 Å². The van der Waals surface area contributed by atoms with E-state index in [1.54, 1.807) is 12.1 Å². The maximum atomic E-state index is 12.1. The van der Waals surface area contributed by atoms with E-state index in [0.717, 1.165) is 12.0 Å². The highest BCUT2D eigenvalue weighted by molar-refractivity contribution is 6.35. The molecule has 0 radical (unpaired) electrons. The average Bonchev–Trinajstić information content (AvgIpc) is 2.39. The smallest absolute Gasteiger partial charge is 0.223 e. The molecule has 0 aliphatic rings. The third-order valence-electron chi connectivity index (χ3n) is 3.17. The maximum Gasteiger partial charge on any atom is 0.223 e. The number of aliphatic hydroxyl groups excluding tert-OH is 1. The highest BCUT2D eigenvalue weighted by Gasteiger charge is 2.17. The van der Waals surface area contributed by atoms with Gasteiger partial charge in [0.2, 0.25) is 5.91 Å². The second kappa shape index (κ2) is 8.50. The molecule has 5 heteroatoms. The largest absolute Gasteiger partial charge is 0.396 e. The van der Waals surface area contributed by atoms with E-state index in [-0.39, 0.29) is 24.5 Å². The lowest BCUT2D eigenvalue weighted by atomic mass is 9.99. The molecule has 3 nitrogen and oxygen atoms in total. The number of aliphatic hydroxyl groups is 1. The van der Waals surface area contributed by atoms with Crippen LogP contribution in [0.5, 0.6) is 0 Å². The second-order valence-electron chi connectivity index (χ2n) is 5.12. The predicted octanol–water partition coefficient (Wildman–Crippen LogP) is 3.45. The van der Waals surface area contributed by atoms with Crippen molar-refractivity contribution < 1.29 is 9.90 Å². The van der Waals surface area contributed by atoms with Gasteiger partial charge in [-0.05, 0) is 43.9 Å². The Balaban J connectivity index is 2.53. The summed E-state index contributed by atoms with van der Waals surface area (Å²) in [5.41, 5.74) is 0.918. The summed E-state index contributed by atoms with van der Waals surface area (Å²) < 4.78 is 0. The zero-order valence-electron chi connectivity index (χ0n) is 11.8. The van der Waals surface area contributed by atoms with Gasteiger partial charge < -0.3 is 10.4 Å². The van der Waals surface area contributed by atoms with Crippen molar-refractivity contribution >= 4 is 29.1 Å². The molecule has 2 unspecified atom stereocenters. The van der Waals surface area contributed by atoms with Crippen molar-refractivity contribution in [3.63, 3.8) is 0 Å². The molecule has 1 aromatic rings. The van der Waals surface area contributed by atoms with Crippen LogP contribution in [-0.2, 0) is 11.2 Å². The van der Waals surface area contributed by atoms with Gasteiger partial charge in [0, 0.05) is 28.6 Å². The fourth-order valence-corrected chi connectivity index (χ4v) is 2.45. The van der Waals surface area contributed by atoms with Gasteiger partial charge in [0.25, 0.3) is 0 Å². The van der Waals surface area contributed by atoms with Crippen LogP contribution in [0.4, 0.5) is 0 Å². The van der Waals surface area contributed by atoms with Crippen molar-refractivity contribution in [3.05, 3.63) is 33.8 Å². The van der Waals surface area contributed by atoms with E-state index < -0.39 is 0 Å². The normalized spacial score (nSPS) is 13.8.